The predicted molar refractivity (Wildman–Crippen MR) is 133 cm³/mol. The molecule has 5 nitrogen and oxygen atoms in total. The van der Waals surface area contributed by atoms with Crippen molar-refractivity contribution in [3.05, 3.63) is 82.7 Å². The normalized spacial score (nSPS) is 13.8. The maximum atomic E-state index is 13.7. The van der Waals surface area contributed by atoms with Gasteiger partial charge >= 0.3 is 0 Å². The number of hydrogen-bond acceptors (Lipinski definition) is 5. The van der Waals surface area contributed by atoms with Crippen molar-refractivity contribution in [1.29, 1.82) is 0 Å². The first-order chi connectivity index (χ1) is 15.6. The van der Waals surface area contributed by atoms with E-state index in [0.717, 1.165) is 29.3 Å². The van der Waals surface area contributed by atoms with E-state index in [-0.39, 0.29) is 11.8 Å². The molecule has 164 valence electrons. The van der Waals surface area contributed by atoms with Crippen LogP contribution in [0, 0.1) is 0 Å². The Labute approximate surface area is 193 Å². The van der Waals surface area contributed by atoms with Crippen LogP contribution in [-0.2, 0) is 9.59 Å². The van der Waals surface area contributed by atoms with E-state index in [2.05, 4.69) is 18.7 Å². The van der Waals surface area contributed by atoms with Crippen LogP contribution < -0.4 is 14.7 Å². The second-order valence-corrected chi connectivity index (χ2v) is 8.36. The Hall–Kier alpha value is -3.38. The molecular weight excluding hydrogens is 418 g/mol. The van der Waals surface area contributed by atoms with Gasteiger partial charge in [0.15, 0.2) is 0 Å². The second kappa shape index (κ2) is 9.40. The molecule has 0 unspecified atom stereocenters. The smallest absolute Gasteiger partial charge is 0.282 e. The van der Waals surface area contributed by atoms with Gasteiger partial charge in [-0.25, -0.2) is 4.90 Å². The standard InChI is InChI=1S/C26H27N3O2S/c1-4-27(5-2)19-14-16-21(17-15-19)29-25(30)23(22-13-10-18-32-22)24(26(29)31)28(6-3)20-11-8-7-9-12-20/h7-18H,4-6H2,1-3H3. The van der Waals surface area contributed by atoms with Crippen LogP contribution >= 0.6 is 11.3 Å². The first-order valence-electron chi connectivity index (χ1n) is 10.9. The van der Waals surface area contributed by atoms with Gasteiger partial charge in [-0.15, -0.1) is 11.3 Å². The number of benzene rings is 2. The molecule has 1 aliphatic rings. The summed E-state index contributed by atoms with van der Waals surface area (Å²) < 4.78 is 0. The predicted octanol–water partition coefficient (Wildman–Crippen LogP) is 5.41. The Balaban J connectivity index is 1.78. The molecule has 0 N–H and O–H groups in total. The van der Waals surface area contributed by atoms with Crippen molar-refractivity contribution >= 4 is 45.8 Å². The number of rotatable bonds is 8. The first-order valence-corrected chi connectivity index (χ1v) is 11.8. The summed E-state index contributed by atoms with van der Waals surface area (Å²) >= 11 is 1.47. The average Bonchev–Trinajstić information content (AvgIpc) is 3.43. The summed E-state index contributed by atoms with van der Waals surface area (Å²) in [6.07, 6.45) is 0. The zero-order chi connectivity index (χ0) is 22.7. The van der Waals surface area contributed by atoms with Gasteiger partial charge in [-0.2, -0.15) is 0 Å². The monoisotopic (exact) mass is 445 g/mol. The lowest BCUT2D eigenvalue weighted by Gasteiger charge is -2.25. The van der Waals surface area contributed by atoms with Gasteiger partial charge in [-0.05, 0) is 68.6 Å². The van der Waals surface area contributed by atoms with Gasteiger partial charge in [0.1, 0.15) is 5.70 Å². The number of anilines is 3. The summed E-state index contributed by atoms with van der Waals surface area (Å²) in [6.45, 7) is 8.57. The highest BCUT2D eigenvalue weighted by molar-refractivity contribution is 7.11. The number of carbonyl (C=O) groups is 2. The van der Waals surface area contributed by atoms with E-state index >= 15 is 0 Å². The maximum Gasteiger partial charge on any atom is 0.282 e. The molecule has 0 aliphatic carbocycles. The Morgan fingerprint density at radius 2 is 1.44 bits per heavy atom. The van der Waals surface area contributed by atoms with Crippen LogP contribution in [0.5, 0.6) is 0 Å². The molecule has 6 heteroatoms. The molecule has 0 saturated carbocycles. The van der Waals surface area contributed by atoms with Crippen LogP contribution in [0.25, 0.3) is 5.57 Å². The fourth-order valence-corrected chi connectivity index (χ4v) is 4.89. The summed E-state index contributed by atoms with van der Waals surface area (Å²) in [7, 11) is 0. The van der Waals surface area contributed by atoms with Crippen molar-refractivity contribution in [3.8, 4) is 0 Å². The fraction of sp³-hybridized carbons (Fsp3) is 0.231. The highest BCUT2D eigenvalue weighted by Crippen LogP contribution is 2.38. The van der Waals surface area contributed by atoms with E-state index in [4.69, 9.17) is 0 Å². The second-order valence-electron chi connectivity index (χ2n) is 7.42. The molecule has 2 heterocycles. The van der Waals surface area contributed by atoms with Crippen LogP contribution in [0.2, 0.25) is 0 Å². The van der Waals surface area contributed by atoms with Crippen LogP contribution in [0.1, 0.15) is 25.6 Å². The molecule has 1 aliphatic heterocycles. The molecule has 0 fully saturated rings. The molecule has 2 amide bonds. The highest BCUT2D eigenvalue weighted by Gasteiger charge is 2.43. The summed E-state index contributed by atoms with van der Waals surface area (Å²) in [6, 6.07) is 21.2. The quantitative estimate of drug-likeness (QED) is 0.435. The van der Waals surface area contributed by atoms with Crippen molar-refractivity contribution in [3.63, 3.8) is 0 Å². The third-order valence-electron chi connectivity index (χ3n) is 5.72. The van der Waals surface area contributed by atoms with Crippen molar-refractivity contribution in [2.45, 2.75) is 20.8 Å². The Bertz CT molecular complexity index is 1120. The molecular formula is C26H27N3O2S. The molecule has 0 radical (unpaired) electrons. The molecule has 0 atom stereocenters. The minimum Gasteiger partial charge on any atom is -0.372 e. The minimum absolute atomic E-state index is 0.280. The van der Waals surface area contributed by atoms with E-state index < -0.39 is 0 Å². The largest absolute Gasteiger partial charge is 0.372 e. The summed E-state index contributed by atoms with van der Waals surface area (Å²) in [5.74, 6) is -0.572. The number of thiophene rings is 1. The van der Waals surface area contributed by atoms with Gasteiger partial charge in [-0.1, -0.05) is 24.3 Å². The van der Waals surface area contributed by atoms with E-state index in [1.807, 2.05) is 83.9 Å². The number of nitrogens with zero attached hydrogens (tertiary/aromatic N) is 3. The Kier molecular flexibility index (Phi) is 6.42. The van der Waals surface area contributed by atoms with E-state index in [0.29, 0.717) is 23.5 Å². The molecule has 1 aromatic heterocycles. The molecule has 2 aromatic carbocycles. The molecule has 0 bridgehead atoms. The number of para-hydroxylation sites is 1. The van der Waals surface area contributed by atoms with Gasteiger partial charge in [-0.3, -0.25) is 9.59 Å². The minimum atomic E-state index is -0.292. The van der Waals surface area contributed by atoms with Crippen molar-refractivity contribution in [2.24, 2.45) is 0 Å². The number of amides is 2. The van der Waals surface area contributed by atoms with E-state index in [9.17, 15) is 9.59 Å². The van der Waals surface area contributed by atoms with Crippen molar-refractivity contribution in [2.75, 3.05) is 34.3 Å². The average molecular weight is 446 g/mol. The van der Waals surface area contributed by atoms with Crippen molar-refractivity contribution < 1.29 is 9.59 Å². The molecule has 0 saturated heterocycles. The zero-order valence-corrected chi connectivity index (χ0v) is 19.4. The third-order valence-corrected chi connectivity index (χ3v) is 6.60. The summed E-state index contributed by atoms with van der Waals surface area (Å²) in [5, 5.41) is 1.93. The fourth-order valence-electron chi connectivity index (χ4n) is 4.12. The van der Waals surface area contributed by atoms with Gasteiger partial charge in [0.25, 0.3) is 11.8 Å². The van der Waals surface area contributed by atoms with E-state index in [1.54, 1.807) is 0 Å². The molecule has 32 heavy (non-hydrogen) atoms. The van der Waals surface area contributed by atoms with Gasteiger partial charge in [0.2, 0.25) is 0 Å². The number of likely N-dealkylation sites (N-methyl/N-ethyl adjacent to an activating group) is 1. The third kappa shape index (κ3) is 3.82. The van der Waals surface area contributed by atoms with Crippen LogP contribution in [0.15, 0.2) is 77.8 Å². The first kappa shape index (κ1) is 21.8. The molecule has 0 spiro atoms. The van der Waals surface area contributed by atoms with E-state index in [1.165, 1.54) is 16.2 Å². The van der Waals surface area contributed by atoms with Crippen LogP contribution in [-0.4, -0.2) is 31.4 Å². The van der Waals surface area contributed by atoms with Crippen LogP contribution in [0.3, 0.4) is 0 Å². The maximum absolute atomic E-state index is 13.7. The SMILES string of the molecule is CCN(CC)c1ccc(N2C(=O)C(c3cccs3)=C(N(CC)c3ccccc3)C2=O)cc1. The number of carbonyl (C=O) groups excluding carboxylic acids is 2. The van der Waals surface area contributed by atoms with Gasteiger partial charge in [0.05, 0.1) is 11.3 Å². The molecule has 4 rings (SSSR count). The van der Waals surface area contributed by atoms with Gasteiger partial charge in [0, 0.05) is 35.9 Å². The summed E-state index contributed by atoms with van der Waals surface area (Å²) in [4.78, 5) is 33.6. The number of imide groups is 1. The number of hydrogen-bond donors (Lipinski definition) is 0. The Morgan fingerprint density at radius 1 is 0.750 bits per heavy atom. The Morgan fingerprint density at radius 3 is 2.00 bits per heavy atom. The topological polar surface area (TPSA) is 43.9 Å². The summed E-state index contributed by atoms with van der Waals surface area (Å²) in [5.41, 5.74) is 3.44. The van der Waals surface area contributed by atoms with Crippen LogP contribution in [0.4, 0.5) is 17.1 Å². The van der Waals surface area contributed by atoms with Gasteiger partial charge < -0.3 is 9.80 Å². The lowest BCUT2D eigenvalue weighted by Crippen LogP contribution is -2.35. The molecule has 3 aromatic rings. The lowest BCUT2D eigenvalue weighted by molar-refractivity contribution is -0.120. The zero-order valence-electron chi connectivity index (χ0n) is 18.6. The lowest BCUT2D eigenvalue weighted by atomic mass is 10.1. The van der Waals surface area contributed by atoms with Crippen molar-refractivity contribution in [1.82, 2.24) is 0 Å². The highest BCUT2D eigenvalue weighted by atomic mass is 32.1.